The van der Waals surface area contributed by atoms with Crippen molar-refractivity contribution >= 4 is 81.4 Å². The van der Waals surface area contributed by atoms with Crippen molar-refractivity contribution in [2.45, 2.75) is 12.8 Å². The van der Waals surface area contributed by atoms with E-state index in [4.69, 9.17) is 69.6 Å². The molecule has 0 aliphatic heterocycles. The Hall–Kier alpha value is -4.02. The third-order valence-electron chi connectivity index (χ3n) is 7.61. The quantitative estimate of drug-likeness (QED) is 0.128. The van der Waals surface area contributed by atoms with Gasteiger partial charge in [-0.3, -0.25) is 9.59 Å². The summed E-state index contributed by atoms with van der Waals surface area (Å²) in [5.74, 6) is -0.705. The van der Waals surface area contributed by atoms with Crippen LogP contribution in [0.15, 0.2) is 97.1 Å². The number of rotatable bonds is 11. The zero-order valence-corrected chi connectivity index (χ0v) is 30.5. The molecule has 0 saturated heterocycles. The summed E-state index contributed by atoms with van der Waals surface area (Å²) in [4.78, 5) is 26.3. The summed E-state index contributed by atoms with van der Waals surface area (Å²) in [5, 5.41) is 17.8. The lowest BCUT2D eigenvalue weighted by atomic mass is 10.1. The second-order valence-corrected chi connectivity index (χ2v) is 13.6. The molecule has 0 radical (unpaired) electrons. The van der Waals surface area contributed by atoms with E-state index in [0.717, 1.165) is 11.1 Å². The van der Waals surface area contributed by atoms with Gasteiger partial charge in [0, 0.05) is 44.3 Å². The van der Waals surface area contributed by atoms with Crippen LogP contribution in [0.2, 0.25) is 30.1 Å². The zero-order chi connectivity index (χ0) is 35.4. The molecular formula is C36H26Cl6N6O2. The number of carbonyl (C=O) groups excluding carboxylic acids is 2. The van der Waals surface area contributed by atoms with Gasteiger partial charge < -0.3 is 10.6 Å². The van der Waals surface area contributed by atoms with Gasteiger partial charge in [-0.25, -0.2) is 9.36 Å². The van der Waals surface area contributed by atoms with Crippen molar-refractivity contribution in [2.24, 2.45) is 0 Å². The summed E-state index contributed by atoms with van der Waals surface area (Å²) in [6, 6.07) is 27.9. The molecule has 14 heteroatoms. The van der Waals surface area contributed by atoms with Gasteiger partial charge in [0.2, 0.25) is 0 Å². The van der Waals surface area contributed by atoms with Crippen LogP contribution < -0.4 is 10.6 Å². The van der Waals surface area contributed by atoms with E-state index in [2.05, 4.69) is 20.8 Å². The van der Waals surface area contributed by atoms with E-state index < -0.39 is 0 Å². The average molecular weight is 787 g/mol. The molecule has 0 atom stereocenters. The van der Waals surface area contributed by atoms with Crippen LogP contribution in [0.3, 0.4) is 0 Å². The fourth-order valence-electron chi connectivity index (χ4n) is 5.14. The van der Waals surface area contributed by atoms with Crippen LogP contribution >= 0.6 is 69.6 Å². The van der Waals surface area contributed by atoms with Crippen molar-refractivity contribution in [1.82, 2.24) is 30.2 Å². The van der Waals surface area contributed by atoms with Crippen molar-refractivity contribution in [3.05, 3.63) is 139 Å². The maximum atomic E-state index is 13.2. The van der Waals surface area contributed by atoms with Gasteiger partial charge in [0.15, 0.2) is 11.4 Å². The van der Waals surface area contributed by atoms with Crippen LogP contribution in [0.1, 0.15) is 33.8 Å². The Kier molecular flexibility index (Phi) is 11.4. The zero-order valence-electron chi connectivity index (χ0n) is 25.9. The molecule has 4 aromatic carbocycles. The smallest absolute Gasteiger partial charge is 0.271 e. The Morgan fingerprint density at radius 1 is 0.500 bits per heavy atom. The molecule has 2 aromatic heterocycles. The van der Waals surface area contributed by atoms with Crippen LogP contribution in [-0.4, -0.2) is 44.5 Å². The maximum Gasteiger partial charge on any atom is 0.271 e. The predicted molar refractivity (Wildman–Crippen MR) is 202 cm³/mol. The van der Waals surface area contributed by atoms with E-state index in [0.29, 0.717) is 78.8 Å². The molecule has 0 spiro atoms. The van der Waals surface area contributed by atoms with Gasteiger partial charge in [0.05, 0.1) is 32.8 Å². The maximum absolute atomic E-state index is 13.2. The standard InChI is InChI=1S/C36H26Cl6N6O2/c37-23-7-3-21(4-8-23)33-19-29(45-47(33)31-13-11-25(39)17-27(31)41)35(49)43-15-1-2-16-44-36(50)30-20-34(22-5-9-24(38)10-6-22)48(46-30)32-14-12-26(40)18-28(32)42/h3-14,17-20H,1-2,15-16H2,(H,43,49)(H,44,50). The average Bonchev–Trinajstić information content (AvgIpc) is 3.73. The second-order valence-electron chi connectivity index (χ2n) is 11.1. The number of carbonyl (C=O) groups is 2. The summed E-state index contributed by atoms with van der Waals surface area (Å²) in [6.07, 6.45) is 1.20. The van der Waals surface area contributed by atoms with E-state index in [1.165, 1.54) is 0 Å². The number of hydrogen-bond acceptors (Lipinski definition) is 4. The number of amides is 2. The molecular weight excluding hydrogens is 761 g/mol. The minimum Gasteiger partial charge on any atom is -0.351 e. The summed E-state index contributed by atoms with van der Waals surface area (Å²) in [7, 11) is 0. The highest BCUT2D eigenvalue weighted by atomic mass is 35.5. The van der Waals surface area contributed by atoms with Crippen LogP contribution in [0.5, 0.6) is 0 Å². The molecule has 6 aromatic rings. The third-order valence-corrected chi connectivity index (χ3v) is 9.19. The van der Waals surface area contributed by atoms with Gasteiger partial charge in [-0.15, -0.1) is 0 Å². The molecule has 0 bridgehead atoms. The molecule has 6 rings (SSSR count). The highest BCUT2D eigenvalue weighted by molar-refractivity contribution is 6.36. The third kappa shape index (κ3) is 8.29. The molecule has 50 heavy (non-hydrogen) atoms. The number of nitrogens with zero attached hydrogens (tertiary/aromatic N) is 4. The summed E-state index contributed by atoms with van der Waals surface area (Å²) < 4.78 is 3.21. The Bertz CT molecular complexity index is 2030. The van der Waals surface area contributed by atoms with Gasteiger partial charge in [0.25, 0.3) is 11.8 Å². The first-order valence-electron chi connectivity index (χ1n) is 15.3. The lowest BCUT2D eigenvalue weighted by molar-refractivity contribution is 0.0934. The van der Waals surface area contributed by atoms with Crippen molar-refractivity contribution in [3.8, 4) is 33.9 Å². The minimum atomic E-state index is -0.353. The first-order valence-corrected chi connectivity index (χ1v) is 17.5. The largest absolute Gasteiger partial charge is 0.351 e. The molecule has 2 amide bonds. The Balaban J connectivity index is 1.08. The molecule has 2 heterocycles. The molecule has 0 unspecified atom stereocenters. The number of nitrogens with one attached hydrogen (secondary N) is 2. The van der Waals surface area contributed by atoms with Crippen LogP contribution in [0.4, 0.5) is 0 Å². The van der Waals surface area contributed by atoms with Gasteiger partial charge in [0.1, 0.15) is 0 Å². The van der Waals surface area contributed by atoms with E-state index in [1.54, 1.807) is 82.2 Å². The number of benzene rings is 4. The van der Waals surface area contributed by atoms with E-state index in [9.17, 15) is 9.59 Å². The van der Waals surface area contributed by atoms with Gasteiger partial charge in [-0.2, -0.15) is 10.2 Å². The van der Waals surface area contributed by atoms with Gasteiger partial charge >= 0.3 is 0 Å². The Labute approximate surface area is 317 Å². The molecule has 0 saturated carbocycles. The second kappa shape index (κ2) is 15.9. The number of halogens is 6. The Morgan fingerprint density at radius 2 is 0.860 bits per heavy atom. The van der Waals surface area contributed by atoms with E-state index >= 15 is 0 Å². The van der Waals surface area contributed by atoms with Gasteiger partial charge in [-0.1, -0.05) is 93.9 Å². The molecule has 0 aliphatic carbocycles. The number of unbranched alkanes of at least 4 members (excludes halogenated alkanes) is 1. The molecule has 254 valence electrons. The monoisotopic (exact) mass is 784 g/mol. The molecule has 2 N–H and O–H groups in total. The fraction of sp³-hybridized carbons (Fsp3) is 0.111. The van der Waals surface area contributed by atoms with Crippen LogP contribution in [0, 0.1) is 0 Å². The molecule has 0 aliphatic rings. The summed E-state index contributed by atoms with van der Waals surface area (Å²) in [6.45, 7) is 0.730. The van der Waals surface area contributed by atoms with Crippen molar-refractivity contribution < 1.29 is 9.59 Å². The topological polar surface area (TPSA) is 93.8 Å². The lowest BCUT2D eigenvalue weighted by Gasteiger charge is -2.10. The normalized spacial score (nSPS) is 11.1. The van der Waals surface area contributed by atoms with Crippen LogP contribution in [0.25, 0.3) is 33.9 Å². The van der Waals surface area contributed by atoms with Gasteiger partial charge in [-0.05, 0) is 85.6 Å². The van der Waals surface area contributed by atoms with Crippen LogP contribution in [-0.2, 0) is 0 Å². The molecule has 8 nitrogen and oxygen atoms in total. The number of aromatic nitrogens is 4. The SMILES string of the molecule is O=C(NCCCCNC(=O)c1cc(-c2ccc(Cl)cc2)n(-c2ccc(Cl)cc2Cl)n1)c1cc(-c2ccc(Cl)cc2)n(-c2ccc(Cl)cc2Cl)n1. The van der Waals surface area contributed by atoms with Crippen molar-refractivity contribution in [3.63, 3.8) is 0 Å². The minimum absolute atomic E-state index is 0.210. The highest BCUT2D eigenvalue weighted by Crippen LogP contribution is 2.32. The highest BCUT2D eigenvalue weighted by Gasteiger charge is 2.20. The van der Waals surface area contributed by atoms with Crippen molar-refractivity contribution in [1.29, 1.82) is 0 Å². The van der Waals surface area contributed by atoms with E-state index in [1.807, 2.05) is 24.3 Å². The van der Waals surface area contributed by atoms with Crippen molar-refractivity contribution in [2.75, 3.05) is 13.1 Å². The first-order chi connectivity index (χ1) is 24.1. The lowest BCUT2D eigenvalue weighted by Crippen LogP contribution is -2.28. The first kappa shape index (κ1) is 35.8. The Morgan fingerprint density at radius 3 is 1.22 bits per heavy atom. The summed E-state index contributed by atoms with van der Waals surface area (Å²) >= 11 is 37.4. The van der Waals surface area contributed by atoms with E-state index in [-0.39, 0.29) is 23.2 Å². The fourth-order valence-corrected chi connectivity index (χ4v) is 6.37. The summed E-state index contributed by atoms with van der Waals surface area (Å²) in [5.41, 5.74) is 4.45. The molecule has 0 fully saturated rings. The number of hydrogen-bond donors (Lipinski definition) is 2. The predicted octanol–water partition coefficient (Wildman–Crippen LogP) is 10.3.